The number of carboxylic acid groups (broad SMARTS) is 1. The molecule has 19 heavy (non-hydrogen) atoms. The van der Waals surface area contributed by atoms with Gasteiger partial charge in [-0.05, 0) is 38.5 Å². The second-order valence-electron chi connectivity index (χ2n) is 5.10. The second-order valence-corrected chi connectivity index (χ2v) is 5.10. The van der Waals surface area contributed by atoms with Gasteiger partial charge in [0.05, 0.1) is 12.1 Å². The number of hydrogen-bond donors (Lipinski definition) is 2. The summed E-state index contributed by atoms with van der Waals surface area (Å²) in [4.78, 5) is 22.6. The molecule has 0 spiro atoms. The lowest BCUT2D eigenvalue weighted by atomic mass is 9.82. The van der Waals surface area contributed by atoms with E-state index in [1.54, 1.807) is 6.92 Å². The average molecular weight is 266 g/mol. The zero-order valence-corrected chi connectivity index (χ0v) is 10.9. The molecule has 104 valence electrons. The Balaban J connectivity index is 1.77. The van der Waals surface area contributed by atoms with E-state index >= 15 is 0 Å². The van der Waals surface area contributed by atoms with Gasteiger partial charge in [0.15, 0.2) is 0 Å². The molecule has 1 aliphatic rings. The first-order valence-corrected chi connectivity index (χ1v) is 6.50. The van der Waals surface area contributed by atoms with Crippen LogP contribution < -0.4 is 5.32 Å². The third kappa shape index (κ3) is 3.33. The first-order chi connectivity index (χ1) is 9.08. The molecule has 0 saturated heterocycles. The van der Waals surface area contributed by atoms with Crippen molar-refractivity contribution in [1.82, 2.24) is 10.5 Å². The zero-order valence-electron chi connectivity index (χ0n) is 10.9. The minimum absolute atomic E-state index is 0.219. The van der Waals surface area contributed by atoms with Crippen molar-refractivity contribution in [1.29, 1.82) is 0 Å². The maximum Gasteiger partial charge on any atom is 0.306 e. The highest BCUT2D eigenvalue weighted by molar-refractivity contribution is 5.92. The Kier molecular flexibility index (Phi) is 4.19. The number of carbonyl (C=O) groups excluding carboxylic acids is 1. The van der Waals surface area contributed by atoms with Gasteiger partial charge >= 0.3 is 5.97 Å². The van der Waals surface area contributed by atoms with Gasteiger partial charge in [0.25, 0.3) is 5.91 Å². The highest BCUT2D eigenvalue weighted by Crippen LogP contribution is 2.28. The van der Waals surface area contributed by atoms with Crippen LogP contribution in [0.15, 0.2) is 10.7 Å². The summed E-state index contributed by atoms with van der Waals surface area (Å²) in [5.74, 6) is -0.583. The minimum Gasteiger partial charge on any atom is -0.481 e. The van der Waals surface area contributed by atoms with Crippen molar-refractivity contribution >= 4 is 11.9 Å². The van der Waals surface area contributed by atoms with Crippen LogP contribution in [0.4, 0.5) is 0 Å². The Morgan fingerprint density at radius 1 is 1.42 bits per heavy atom. The van der Waals surface area contributed by atoms with Crippen LogP contribution in [-0.4, -0.2) is 28.7 Å². The number of aryl methyl sites for hydroxylation is 1. The standard InChI is InChI=1S/C13H18N2O4/c1-8-6-15-19-11(8)12(16)14-7-9-2-4-10(5-3-9)13(17)18/h6,9-10H,2-5,7H2,1H3,(H,14,16)(H,17,18). The van der Waals surface area contributed by atoms with Crippen molar-refractivity contribution in [2.24, 2.45) is 11.8 Å². The van der Waals surface area contributed by atoms with Gasteiger partial charge in [0.2, 0.25) is 5.76 Å². The Morgan fingerprint density at radius 3 is 2.63 bits per heavy atom. The number of nitrogens with one attached hydrogen (secondary N) is 1. The van der Waals surface area contributed by atoms with Gasteiger partial charge in [-0.15, -0.1) is 0 Å². The molecule has 0 radical (unpaired) electrons. The van der Waals surface area contributed by atoms with Crippen molar-refractivity contribution in [3.8, 4) is 0 Å². The molecule has 1 amide bonds. The van der Waals surface area contributed by atoms with E-state index in [1.165, 1.54) is 6.20 Å². The van der Waals surface area contributed by atoms with Gasteiger partial charge in [-0.1, -0.05) is 5.16 Å². The molecule has 1 saturated carbocycles. The van der Waals surface area contributed by atoms with Crippen molar-refractivity contribution in [3.63, 3.8) is 0 Å². The van der Waals surface area contributed by atoms with E-state index in [0.717, 1.165) is 12.8 Å². The topological polar surface area (TPSA) is 92.4 Å². The Bertz CT molecular complexity index is 461. The SMILES string of the molecule is Cc1cnoc1C(=O)NCC1CCC(C(=O)O)CC1. The fourth-order valence-corrected chi connectivity index (χ4v) is 2.44. The summed E-state index contributed by atoms with van der Waals surface area (Å²) in [6.45, 7) is 2.33. The predicted octanol–water partition coefficient (Wildman–Crippen LogP) is 1.60. The molecule has 1 aromatic heterocycles. The number of carboxylic acids is 1. The van der Waals surface area contributed by atoms with Gasteiger partial charge in [0.1, 0.15) is 0 Å². The molecule has 6 nitrogen and oxygen atoms in total. The molecule has 0 unspecified atom stereocenters. The van der Waals surface area contributed by atoms with Gasteiger partial charge in [0, 0.05) is 12.1 Å². The smallest absolute Gasteiger partial charge is 0.306 e. The number of carbonyl (C=O) groups is 2. The number of hydrogen-bond acceptors (Lipinski definition) is 4. The van der Waals surface area contributed by atoms with E-state index < -0.39 is 5.97 Å². The summed E-state index contributed by atoms with van der Waals surface area (Å²) >= 11 is 0. The molecular formula is C13H18N2O4. The zero-order chi connectivity index (χ0) is 13.8. The lowest BCUT2D eigenvalue weighted by Gasteiger charge is -2.25. The summed E-state index contributed by atoms with van der Waals surface area (Å²) in [5, 5.41) is 15.3. The van der Waals surface area contributed by atoms with Crippen LogP contribution in [0.2, 0.25) is 0 Å². The molecule has 1 fully saturated rings. The van der Waals surface area contributed by atoms with Gasteiger partial charge < -0.3 is 14.9 Å². The van der Waals surface area contributed by atoms with Crippen LogP contribution >= 0.6 is 0 Å². The van der Waals surface area contributed by atoms with Crippen LogP contribution in [0.1, 0.15) is 41.8 Å². The van der Waals surface area contributed by atoms with E-state index in [9.17, 15) is 9.59 Å². The molecule has 1 aromatic rings. The highest BCUT2D eigenvalue weighted by atomic mass is 16.5. The molecule has 2 rings (SSSR count). The Morgan fingerprint density at radius 2 is 2.11 bits per heavy atom. The lowest BCUT2D eigenvalue weighted by molar-refractivity contribution is -0.143. The third-order valence-electron chi connectivity index (χ3n) is 3.70. The van der Waals surface area contributed by atoms with Crippen LogP contribution in [0.3, 0.4) is 0 Å². The summed E-state index contributed by atoms with van der Waals surface area (Å²) in [5.41, 5.74) is 0.715. The molecule has 1 aliphatic carbocycles. The van der Waals surface area contributed by atoms with Crippen LogP contribution in [0, 0.1) is 18.8 Å². The average Bonchev–Trinajstić information content (AvgIpc) is 2.83. The number of amides is 1. The molecule has 0 atom stereocenters. The molecule has 6 heteroatoms. The minimum atomic E-state index is -0.709. The second kappa shape index (κ2) is 5.86. The normalized spacial score (nSPS) is 23.0. The molecular weight excluding hydrogens is 248 g/mol. The van der Waals surface area contributed by atoms with Gasteiger partial charge in [-0.2, -0.15) is 0 Å². The van der Waals surface area contributed by atoms with E-state index in [1.807, 2.05) is 0 Å². The molecule has 0 aromatic carbocycles. The van der Waals surface area contributed by atoms with E-state index in [-0.39, 0.29) is 17.6 Å². The summed E-state index contributed by atoms with van der Waals surface area (Å²) in [6, 6.07) is 0. The van der Waals surface area contributed by atoms with Crippen LogP contribution in [-0.2, 0) is 4.79 Å². The summed E-state index contributed by atoms with van der Waals surface area (Å²) < 4.78 is 4.87. The first-order valence-electron chi connectivity index (χ1n) is 6.50. The van der Waals surface area contributed by atoms with Crippen molar-refractivity contribution in [2.45, 2.75) is 32.6 Å². The van der Waals surface area contributed by atoms with Crippen molar-refractivity contribution in [3.05, 3.63) is 17.5 Å². The third-order valence-corrected chi connectivity index (χ3v) is 3.70. The molecule has 1 heterocycles. The van der Waals surface area contributed by atoms with Gasteiger partial charge in [-0.25, -0.2) is 0 Å². The molecule has 0 bridgehead atoms. The van der Waals surface area contributed by atoms with Crippen LogP contribution in [0.5, 0.6) is 0 Å². The van der Waals surface area contributed by atoms with Crippen LogP contribution in [0.25, 0.3) is 0 Å². The van der Waals surface area contributed by atoms with E-state index in [0.29, 0.717) is 30.9 Å². The maximum absolute atomic E-state index is 11.8. The van der Waals surface area contributed by atoms with Crippen molar-refractivity contribution in [2.75, 3.05) is 6.54 Å². The monoisotopic (exact) mass is 266 g/mol. The number of rotatable bonds is 4. The fraction of sp³-hybridized carbons (Fsp3) is 0.615. The predicted molar refractivity (Wildman–Crippen MR) is 66.7 cm³/mol. The van der Waals surface area contributed by atoms with Gasteiger partial charge in [-0.3, -0.25) is 9.59 Å². The number of aliphatic carboxylic acids is 1. The summed E-state index contributed by atoms with van der Waals surface area (Å²) in [7, 11) is 0. The quantitative estimate of drug-likeness (QED) is 0.863. The number of nitrogens with zero attached hydrogens (tertiary/aromatic N) is 1. The highest BCUT2D eigenvalue weighted by Gasteiger charge is 2.26. The van der Waals surface area contributed by atoms with Crippen molar-refractivity contribution < 1.29 is 19.2 Å². The van der Waals surface area contributed by atoms with E-state index in [2.05, 4.69) is 10.5 Å². The molecule has 0 aliphatic heterocycles. The Hall–Kier alpha value is -1.85. The number of aromatic nitrogens is 1. The van der Waals surface area contributed by atoms with E-state index in [4.69, 9.17) is 9.63 Å². The maximum atomic E-state index is 11.8. The summed E-state index contributed by atoms with van der Waals surface area (Å²) in [6.07, 6.45) is 4.57. The fourth-order valence-electron chi connectivity index (χ4n) is 2.44. The lowest BCUT2D eigenvalue weighted by Crippen LogP contribution is -2.32. The first kappa shape index (κ1) is 13.6. The molecule has 2 N–H and O–H groups in total. The largest absolute Gasteiger partial charge is 0.481 e. The Labute approximate surface area is 111 Å².